The first kappa shape index (κ1) is 21.4. The van der Waals surface area contributed by atoms with E-state index in [9.17, 15) is 0 Å². The highest BCUT2D eigenvalue weighted by atomic mass is 31.0. The Hall–Kier alpha value is 0.430. The normalized spacial score (nSPS) is 12.7. The first-order chi connectivity index (χ1) is 10.3. The molecule has 1 heteroatoms. The number of unbranched alkanes of at least 4 members (excludes halogenated alkanes) is 13. The molecule has 0 aromatic carbocycles. The molecule has 0 aliphatic heterocycles. The van der Waals surface area contributed by atoms with Gasteiger partial charge in [-0.3, -0.25) is 0 Å². The zero-order valence-electron chi connectivity index (χ0n) is 15.2. The number of hydrogen-bond acceptors (Lipinski definition) is 0. The largest absolute Gasteiger partial charge is 0.134 e. The summed E-state index contributed by atoms with van der Waals surface area (Å²) < 4.78 is 0. The van der Waals surface area contributed by atoms with E-state index in [0.717, 1.165) is 5.66 Å². The fourth-order valence-electron chi connectivity index (χ4n) is 3.03. The van der Waals surface area contributed by atoms with Gasteiger partial charge >= 0.3 is 0 Å². The Kier molecular flexibility index (Phi) is 18.9. The summed E-state index contributed by atoms with van der Waals surface area (Å²) in [6.45, 7) is 4.59. The SMILES string of the molecule is CCCCCCCCCCCCCCCC(P)CCCC. The molecule has 0 aliphatic rings. The fourth-order valence-corrected chi connectivity index (χ4v) is 3.51. The lowest BCUT2D eigenvalue weighted by Gasteiger charge is -2.09. The van der Waals surface area contributed by atoms with Crippen LogP contribution in [0.3, 0.4) is 0 Å². The van der Waals surface area contributed by atoms with E-state index in [1.165, 1.54) is 109 Å². The van der Waals surface area contributed by atoms with Crippen LogP contribution >= 0.6 is 9.24 Å². The van der Waals surface area contributed by atoms with Gasteiger partial charge in [-0.2, -0.15) is 0 Å². The highest BCUT2D eigenvalue weighted by molar-refractivity contribution is 7.17. The molecule has 0 heterocycles. The standard InChI is InChI=1S/C20H43P/c1-3-5-7-8-9-10-11-12-13-14-15-16-17-19-20(21)18-6-4-2/h20H,3-19,21H2,1-2H3. The molecule has 0 saturated heterocycles. The molecule has 0 aromatic heterocycles. The van der Waals surface area contributed by atoms with Crippen molar-refractivity contribution in [2.24, 2.45) is 0 Å². The molecule has 2 unspecified atom stereocenters. The second kappa shape index (κ2) is 18.5. The van der Waals surface area contributed by atoms with Gasteiger partial charge in [-0.1, -0.05) is 110 Å². The first-order valence-corrected chi connectivity index (χ1v) is 10.7. The molecule has 0 nitrogen and oxygen atoms in total. The van der Waals surface area contributed by atoms with Crippen molar-refractivity contribution in [1.82, 2.24) is 0 Å². The van der Waals surface area contributed by atoms with E-state index in [1.807, 2.05) is 0 Å². The first-order valence-electron chi connectivity index (χ1n) is 10.1. The Bertz CT molecular complexity index is 179. The molecule has 0 radical (unpaired) electrons. The Morgan fingerprint density at radius 3 is 1.24 bits per heavy atom. The molecule has 0 aromatic rings. The minimum atomic E-state index is 0.887. The molecule has 0 saturated carbocycles. The van der Waals surface area contributed by atoms with Gasteiger partial charge in [-0.15, -0.1) is 9.24 Å². The van der Waals surface area contributed by atoms with Crippen LogP contribution < -0.4 is 0 Å². The van der Waals surface area contributed by atoms with Gasteiger partial charge in [0.25, 0.3) is 0 Å². The molecule has 0 fully saturated rings. The van der Waals surface area contributed by atoms with Gasteiger partial charge in [0.05, 0.1) is 0 Å². The van der Waals surface area contributed by atoms with Crippen LogP contribution in [-0.4, -0.2) is 5.66 Å². The van der Waals surface area contributed by atoms with Gasteiger partial charge in [0.2, 0.25) is 0 Å². The van der Waals surface area contributed by atoms with Crippen LogP contribution in [0, 0.1) is 0 Å². The predicted octanol–water partition coefficient (Wildman–Crippen LogP) is 7.90. The Labute approximate surface area is 138 Å². The number of hydrogen-bond donors (Lipinski definition) is 0. The predicted molar refractivity (Wildman–Crippen MR) is 103 cm³/mol. The van der Waals surface area contributed by atoms with Gasteiger partial charge in [-0.05, 0) is 18.5 Å². The summed E-state index contributed by atoms with van der Waals surface area (Å²) in [5.74, 6) is 0. The highest BCUT2D eigenvalue weighted by Crippen LogP contribution is 2.18. The maximum Gasteiger partial charge on any atom is -0.0264 e. The monoisotopic (exact) mass is 314 g/mol. The lowest BCUT2D eigenvalue weighted by molar-refractivity contribution is 0.529. The summed E-state index contributed by atoms with van der Waals surface area (Å²) in [5, 5.41) is 0. The van der Waals surface area contributed by atoms with Crippen molar-refractivity contribution >= 4 is 9.24 Å². The van der Waals surface area contributed by atoms with E-state index in [1.54, 1.807) is 0 Å². The van der Waals surface area contributed by atoms with Crippen LogP contribution in [0.2, 0.25) is 0 Å². The van der Waals surface area contributed by atoms with E-state index in [0.29, 0.717) is 0 Å². The summed E-state index contributed by atoms with van der Waals surface area (Å²) in [4.78, 5) is 0. The van der Waals surface area contributed by atoms with Crippen LogP contribution in [0.15, 0.2) is 0 Å². The molecule has 0 spiro atoms. The third-order valence-electron chi connectivity index (χ3n) is 4.61. The highest BCUT2D eigenvalue weighted by Gasteiger charge is 2.01. The van der Waals surface area contributed by atoms with Crippen LogP contribution in [0.1, 0.15) is 123 Å². The van der Waals surface area contributed by atoms with E-state index in [-0.39, 0.29) is 0 Å². The molecular formula is C20H43P. The van der Waals surface area contributed by atoms with Crippen molar-refractivity contribution < 1.29 is 0 Å². The van der Waals surface area contributed by atoms with Gasteiger partial charge in [0.15, 0.2) is 0 Å². The zero-order valence-corrected chi connectivity index (χ0v) is 16.3. The quantitative estimate of drug-likeness (QED) is 0.189. The molecule has 0 amide bonds. The molecule has 128 valence electrons. The second-order valence-electron chi connectivity index (χ2n) is 6.93. The maximum absolute atomic E-state index is 3.05. The maximum atomic E-state index is 3.05. The summed E-state index contributed by atoms with van der Waals surface area (Å²) in [5.41, 5.74) is 0.887. The van der Waals surface area contributed by atoms with Crippen molar-refractivity contribution in [3.63, 3.8) is 0 Å². The minimum absolute atomic E-state index is 0.887. The third-order valence-corrected chi connectivity index (χ3v) is 5.27. The van der Waals surface area contributed by atoms with Crippen molar-refractivity contribution in [3.8, 4) is 0 Å². The van der Waals surface area contributed by atoms with Crippen LogP contribution in [0.5, 0.6) is 0 Å². The van der Waals surface area contributed by atoms with Gasteiger partial charge in [-0.25, -0.2) is 0 Å². The van der Waals surface area contributed by atoms with Crippen molar-refractivity contribution in [2.45, 2.75) is 129 Å². The fraction of sp³-hybridized carbons (Fsp3) is 1.00. The van der Waals surface area contributed by atoms with Crippen LogP contribution in [0.25, 0.3) is 0 Å². The second-order valence-corrected chi connectivity index (χ2v) is 7.88. The molecule has 0 aliphatic carbocycles. The average molecular weight is 315 g/mol. The van der Waals surface area contributed by atoms with Crippen LogP contribution in [-0.2, 0) is 0 Å². The van der Waals surface area contributed by atoms with Gasteiger partial charge in [0.1, 0.15) is 0 Å². The molecule has 2 atom stereocenters. The Morgan fingerprint density at radius 1 is 0.476 bits per heavy atom. The Morgan fingerprint density at radius 2 is 0.810 bits per heavy atom. The lowest BCUT2D eigenvalue weighted by atomic mass is 10.0. The van der Waals surface area contributed by atoms with E-state index in [4.69, 9.17) is 0 Å². The molecule has 0 N–H and O–H groups in total. The average Bonchev–Trinajstić information content (AvgIpc) is 2.49. The summed E-state index contributed by atoms with van der Waals surface area (Å²) in [6, 6.07) is 0. The van der Waals surface area contributed by atoms with Crippen LogP contribution in [0.4, 0.5) is 0 Å². The minimum Gasteiger partial charge on any atom is -0.134 e. The van der Waals surface area contributed by atoms with Gasteiger partial charge < -0.3 is 0 Å². The molecular weight excluding hydrogens is 271 g/mol. The lowest BCUT2D eigenvalue weighted by Crippen LogP contribution is -1.97. The number of rotatable bonds is 17. The van der Waals surface area contributed by atoms with Crippen molar-refractivity contribution in [3.05, 3.63) is 0 Å². The third kappa shape index (κ3) is 18.4. The van der Waals surface area contributed by atoms with Gasteiger partial charge in [0, 0.05) is 0 Å². The van der Waals surface area contributed by atoms with Crippen molar-refractivity contribution in [1.29, 1.82) is 0 Å². The smallest absolute Gasteiger partial charge is 0.0264 e. The molecule has 21 heavy (non-hydrogen) atoms. The van der Waals surface area contributed by atoms with E-state index in [2.05, 4.69) is 23.1 Å². The summed E-state index contributed by atoms with van der Waals surface area (Å²) in [6.07, 6.45) is 24.6. The topological polar surface area (TPSA) is 0 Å². The Balaban J connectivity index is 3.02. The van der Waals surface area contributed by atoms with E-state index < -0.39 is 0 Å². The van der Waals surface area contributed by atoms with E-state index >= 15 is 0 Å². The van der Waals surface area contributed by atoms with Crippen molar-refractivity contribution in [2.75, 3.05) is 0 Å². The molecule has 0 rings (SSSR count). The summed E-state index contributed by atoms with van der Waals surface area (Å²) in [7, 11) is 3.05. The zero-order chi connectivity index (χ0) is 15.6. The molecule has 0 bridgehead atoms. The summed E-state index contributed by atoms with van der Waals surface area (Å²) >= 11 is 0.